The second kappa shape index (κ2) is 8.49. The van der Waals surface area contributed by atoms with Crippen LogP contribution in [0.4, 0.5) is 5.82 Å². The van der Waals surface area contributed by atoms with Gasteiger partial charge in [0, 0.05) is 24.5 Å². The summed E-state index contributed by atoms with van der Waals surface area (Å²) in [5.74, 6) is 1.03. The molecule has 8 heteroatoms. The van der Waals surface area contributed by atoms with Gasteiger partial charge in [-0.3, -0.25) is 4.79 Å². The predicted octanol–water partition coefficient (Wildman–Crippen LogP) is 3.62. The van der Waals surface area contributed by atoms with Crippen molar-refractivity contribution >= 4 is 35.2 Å². The zero-order valence-corrected chi connectivity index (χ0v) is 18.7. The number of hydrogen-bond donors (Lipinski definition) is 1. The SMILES string of the molecule is Cc1cc2c(cc1Sc1nc3c(N)ncnc3n1CCC1CCN(C=O)CC1)CCC2. The van der Waals surface area contributed by atoms with Crippen molar-refractivity contribution in [2.24, 2.45) is 5.92 Å². The van der Waals surface area contributed by atoms with Crippen LogP contribution in [0, 0.1) is 12.8 Å². The van der Waals surface area contributed by atoms with Crippen molar-refractivity contribution in [1.29, 1.82) is 0 Å². The number of anilines is 1. The molecule has 1 fully saturated rings. The molecule has 1 aliphatic carbocycles. The number of nitrogen functional groups attached to an aromatic ring is 1. The quantitative estimate of drug-likeness (QED) is 0.594. The van der Waals surface area contributed by atoms with E-state index < -0.39 is 0 Å². The van der Waals surface area contributed by atoms with E-state index in [-0.39, 0.29) is 0 Å². The van der Waals surface area contributed by atoms with Crippen LogP contribution in [0.25, 0.3) is 11.2 Å². The van der Waals surface area contributed by atoms with E-state index in [9.17, 15) is 4.79 Å². The number of carbonyl (C=O) groups excluding carboxylic acids is 1. The largest absolute Gasteiger partial charge is 0.382 e. The zero-order chi connectivity index (χ0) is 21.4. The summed E-state index contributed by atoms with van der Waals surface area (Å²) in [4.78, 5) is 27.6. The van der Waals surface area contributed by atoms with E-state index in [0.717, 1.165) is 62.5 Å². The lowest BCUT2D eigenvalue weighted by Crippen LogP contribution is -2.32. The molecule has 0 bridgehead atoms. The molecule has 5 rings (SSSR count). The number of aryl methyl sites for hydroxylation is 4. The van der Waals surface area contributed by atoms with Gasteiger partial charge in [0.25, 0.3) is 0 Å². The molecule has 3 heterocycles. The van der Waals surface area contributed by atoms with Gasteiger partial charge in [-0.2, -0.15) is 0 Å². The fourth-order valence-corrected chi connectivity index (χ4v) is 5.85. The topological polar surface area (TPSA) is 89.9 Å². The molecule has 1 saturated heterocycles. The Balaban J connectivity index is 1.43. The van der Waals surface area contributed by atoms with Crippen molar-refractivity contribution in [3.05, 3.63) is 35.2 Å². The number of nitrogens with two attached hydrogens (primary N) is 1. The monoisotopic (exact) mass is 436 g/mol. The van der Waals surface area contributed by atoms with E-state index in [0.29, 0.717) is 17.3 Å². The van der Waals surface area contributed by atoms with Gasteiger partial charge in [-0.05, 0) is 74.1 Å². The smallest absolute Gasteiger partial charge is 0.209 e. The van der Waals surface area contributed by atoms with Crippen molar-refractivity contribution in [3.63, 3.8) is 0 Å². The number of rotatable bonds is 6. The molecule has 7 nitrogen and oxygen atoms in total. The van der Waals surface area contributed by atoms with Crippen molar-refractivity contribution in [3.8, 4) is 0 Å². The molecule has 1 aliphatic heterocycles. The molecule has 2 N–H and O–H groups in total. The van der Waals surface area contributed by atoms with Gasteiger partial charge < -0.3 is 15.2 Å². The lowest BCUT2D eigenvalue weighted by Gasteiger charge is -2.29. The van der Waals surface area contributed by atoms with Crippen LogP contribution in [-0.2, 0) is 24.2 Å². The van der Waals surface area contributed by atoms with Gasteiger partial charge in [0.05, 0.1) is 0 Å². The third-order valence-corrected chi connectivity index (χ3v) is 7.83. The maximum Gasteiger partial charge on any atom is 0.209 e. The molecule has 0 radical (unpaired) electrons. The summed E-state index contributed by atoms with van der Waals surface area (Å²) in [6.45, 7) is 4.72. The number of amides is 1. The number of carbonyl (C=O) groups is 1. The average molecular weight is 437 g/mol. The van der Waals surface area contributed by atoms with Crippen LogP contribution in [-0.4, -0.2) is 43.9 Å². The van der Waals surface area contributed by atoms with E-state index in [4.69, 9.17) is 10.7 Å². The summed E-state index contributed by atoms with van der Waals surface area (Å²) in [5, 5.41) is 0.925. The number of likely N-dealkylation sites (tertiary alicyclic amines) is 1. The molecule has 0 unspecified atom stereocenters. The first-order chi connectivity index (χ1) is 15.1. The molecule has 1 aromatic carbocycles. The molecule has 2 aliphatic rings. The Morgan fingerprint density at radius 2 is 1.97 bits per heavy atom. The van der Waals surface area contributed by atoms with Gasteiger partial charge in [-0.25, -0.2) is 15.0 Å². The number of nitrogens with zero attached hydrogens (tertiary/aromatic N) is 5. The summed E-state index contributed by atoms with van der Waals surface area (Å²) in [6.07, 6.45) is 9.23. The number of imidazole rings is 1. The van der Waals surface area contributed by atoms with Crippen LogP contribution in [0.2, 0.25) is 0 Å². The van der Waals surface area contributed by atoms with E-state index in [1.165, 1.54) is 40.8 Å². The third-order valence-electron chi connectivity index (χ3n) is 6.68. The van der Waals surface area contributed by atoms with Gasteiger partial charge in [0.15, 0.2) is 22.1 Å². The number of aromatic nitrogens is 4. The Bertz CT molecular complexity index is 1120. The van der Waals surface area contributed by atoms with Gasteiger partial charge in [-0.15, -0.1) is 0 Å². The minimum absolute atomic E-state index is 0.426. The minimum atomic E-state index is 0.426. The molecular formula is C23H28N6OS. The first-order valence-electron chi connectivity index (χ1n) is 11.1. The summed E-state index contributed by atoms with van der Waals surface area (Å²) < 4.78 is 2.21. The summed E-state index contributed by atoms with van der Waals surface area (Å²) in [7, 11) is 0. The molecule has 0 atom stereocenters. The Kier molecular flexibility index (Phi) is 5.56. The highest BCUT2D eigenvalue weighted by Gasteiger charge is 2.22. The van der Waals surface area contributed by atoms with Crippen LogP contribution in [0.15, 0.2) is 28.5 Å². The van der Waals surface area contributed by atoms with Gasteiger partial charge >= 0.3 is 0 Å². The Hall–Kier alpha value is -2.61. The lowest BCUT2D eigenvalue weighted by molar-refractivity contribution is -0.119. The Morgan fingerprint density at radius 1 is 1.19 bits per heavy atom. The first kappa shape index (κ1) is 20.3. The van der Waals surface area contributed by atoms with Gasteiger partial charge in [-0.1, -0.05) is 17.8 Å². The second-order valence-electron chi connectivity index (χ2n) is 8.69. The maximum atomic E-state index is 11.0. The van der Waals surface area contributed by atoms with Crippen molar-refractivity contribution in [1.82, 2.24) is 24.4 Å². The first-order valence-corrected chi connectivity index (χ1v) is 11.9. The Morgan fingerprint density at radius 3 is 2.74 bits per heavy atom. The number of hydrogen-bond acceptors (Lipinski definition) is 6. The van der Waals surface area contributed by atoms with Gasteiger partial charge in [0.2, 0.25) is 6.41 Å². The fourth-order valence-electron chi connectivity index (χ4n) is 4.81. The zero-order valence-electron chi connectivity index (χ0n) is 17.9. The van der Waals surface area contributed by atoms with Crippen molar-refractivity contribution in [2.45, 2.75) is 62.0 Å². The highest BCUT2D eigenvalue weighted by atomic mass is 32.2. The van der Waals surface area contributed by atoms with E-state index in [1.54, 1.807) is 11.8 Å². The fraction of sp³-hybridized carbons (Fsp3) is 0.478. The molecule has 3 aromatic rings. The maximum absolute atomic E-state index is 11.0. The van der Waals surface area contributed by atoms with Crippen LogP contribution in [0.1, 0.15) is 42.4 Å². The van der Waals surface area contributed by atoms with Crippen LogP contribution in [0.5, 0.6) is 0 Å². The molecule has 0 spiro atoms. The van der Waals surface area contributed by atoms with E-state index >= 15 is 0 Å². The molecule has 1 amide bonds. The predicted molar refractivity (Wildman–Crippen MR) is 122 cm³/mol. The van der Waals surface area contributed by atoms with E-state index in [1.807, 2.05) is 4.90 Å². The van der Waals surface area contributed by atoms with Crippen LogP contribution in [0.3, 0.4) is 0 Å². The highest BCUT2D eigenvalue weighted by molar-refractivity contribution is 7.99. The highest BCUT2D eigenvalue weighted by Crippen LogP contribution is 2.36. The van der Waals surface area contributed by atoms with Crippen molar-refractivity contribution in [2.75, 3.05) is 18.8 Å². The molecular weight excluding hydrogens is 408 g/mol. The summed E-state index contributed by atoms with van der Waals surface area (Å²) in [6, 6.07) is 4.68. The van der Waals surface area contributed by atoms with Crippen molar-refractivity contribution < 1.29 is 4.79 Å². The lowest BCUT2D eigenvalue weighted by atomic mass is 9.94. The molecule has 0 saturated carbocycles. The van der Waals surface area contributed by atoms with Crippen LogP contribution < -0.4 is 5.73 Å². The van der Waals surface area contributed by atoms with Gasteiger partial charge in [0.1, 0.15) is 6.33 Å². The number of piperidine rings is 1. The number of benzene rings is 1. The average Bonchev–Trinajstić information content (AvgIpc) is 3.37. The second-order valence-corrected chi connectivity index (χ2v) is 9.70. The van der Waals surface area contributed by atoms with Crippen LogP contribution >= 0.6 is 11.8 Å². The third kappa shape index (κ3) is 4.01. The molecule has 162 valence electrons. The normalized spacial score (nSPS) is 16.7. The minimum Gasteiger partial charge on any atom is -0.382 e. The molecule has 31 heavy (non-hydrogen) atoms. The summed E-state index contributed by atoms with van der Waals surface area (Å²) >= 11 is 1.71. The van der Waals surface area contributed by atoms with E-state index in [2.05, 4.69) is 33.6 Å². The standard InChI is InChI=1S/C23H28N6OS/c1-15-11-17-3-2-4-18(17)12-19(15)31-23-27-20-21(24)25-13-26-22(20)29(23)10-7-16-5-8-28(14-30)9-6-16/h11-14,16H,2-10H2,1H3,(H2,24,25,26). The number of fused-ring (bicyclic) bond motifs is 2. The molecule has 2 aromatic heterocycles. The Labute approximate surface area is 186 Å². The summed E-state index contributed by atoms with van der Waals surface area (Å²) in [5.41, 5.74) is 11.9.